The summed E-state index contributed by atoms with van der Waals surface area (Å²) in [5, 5.41) is 7.95. The Hall–Kier alpha value is -1.89. The summed E-state index contributed by atoms with van der Waals surface area (Å²) in [6.45, 7) is 4.16. The molecule has 0 bridgehead atoms. The van der Waals surface area contributed by atoms with Crippen molar-refractivity contribution >= 4 is 18.3 Å². The first-order valence-electron chi connectivity index (χ1n) is 10.5. The van der Waals surface area contributed by atoms with Crippen LogP contribution in [0.5, 0.6) is 0 Å². The van der Waals surface area contributed by atoms with E-state index >= 15 is 0 Å². The lowest BCUT2D eigenvalue weighted by Gasteiger charge is -2.23. The quantitative estimate of drug-likeness (QED) is 0.702. The lowest BCUT2D eigenvalue weighted by molar-refractivity contribution is 0.0522. The van der Waals surface area contributed by atoms with Gasteiger partial charge in [0.05, 0.1) is 12.1 Å². The Kier molecular flexibility index (Phi) is 8.09. The Morgan fingerprint density at radius 1 is 1.21 bits per heavy atom. The molecular weight excluding hydrogens is 388 g/mol. The highest BCUT2D eigenvalue weighted by atomic mass is 35.5. The molecule has 3 heterocycles. The summed E-state index contributed by atoms with van der Waals surface area (Å²) >= 11 is 0. The van der Waals surface area contributed by atoms with Crippen LogP contribution >= 0.6 is 12.4 Å². The highest BCUT2D eigenvalue weighted by Crippen LogP contribution is 2.19. The zero-order valence-electron chi connectivity index (χ0n) is 16.8. The highest BCUT2D eigenvalue weighted by Gasteiger charge is 2.29. The monoisotopic (exact) mass is 418 g/mol. The van der Waals surface area contributed by atoms with Crippen molar-refractivity contribution in [3.8, 4) is 0 Å². The van der Waals surface area contributed by atoms with Crippen LogP contribution in [0.2, 0.25) is 0 Å². The van der Waals surface area contributed by atoms with Crippen molar-refractivity contribution in [3.63, 3.8) is 0 Å². The lowest BCUT2D eigenvalue weighted by Crippen LogP contribution is -2.33. The first kappa shape index (κ1) is 21.8. The summed E-state index contributed by atoms with van der Waals surface area (Å²) in [5.74, 6) is 0.0258. The Bertz CT molecular complexity index is 761. The number of amides is 1. The van der Waals surface area contributed by atoms with Crippen LogP contribution in [-0.2, 0) is 11.2 Å². The number of ether oxygens (including phenoxy) is 1. The summed E-state index contributed by atoms with van der Waals surface area (Å²) in [6.07, 6.45) is 7.30. The first-order valence-corrected chi connectivity index (χ1v) is 10.5. The number of halogens is 1. The van der Waals surface area contributed by atoms with Gasteiger partial charge in [0.25, 0.3) is 5.91 Å². The smallest absolute Gasteiger partial charge is 0.274 e. The molecule has 2 aliphatic heterocycles. The van der Waals surface area contributed by atoms with Crippen molar-refractivity contribution in [2.75, 3.05) is 32.8 Å². The van der Waals surface area contributed by atoms with Crippen LogP contribution in [0.25, 0.3) is 0 Å². The minimum Gasteiger partial charge on any atom is -0.376 e. The molecule has 2 aliphatic rings. The zero-order chi connectivity index (χ0) is 19.2. The van der Waals surface area contributed by atoms with Crippen molar-refractivity contribution < 1.29 is 9.53 Å². The number of benzene rings is 1. The van der Waals surface area contributed by atoms with Crippen molar-refractivity contribution in [1.29, 1.82) is 0 Å². The average molecular weight is 419 g/mol. The van der Waals surface area contributed by atoms with Crippen molar-refractivity contribution in [2.45, 2.75) is 44.2 Å². The summed E-state index contributed by atoms with van der Waals surface area (Å²) < 4.78 is 7.96. The van der Waals surface area contributed by atoms with E-state index in [0.717, 1.165) is 58.3 Å². The van der Waals surface area contributed by atoms with Crippen molar-refractivity contribution in [2.24, 2.45) is 0 Å². The second kappa shape index (κ2) is 10.8. The normalized spacial score (nSPS) is 21.7. The number of carbonyl (C=O) groups excluding carboxylic acids is 1. The van der Waals surface area contributed by atoms with Crippen LogP contribution in [-0.4, -0.2) is 59.5 Å². The Balaban J connectivity index is 0.00000240. The minimum absolute atomic E-state index is 0. The number of piperidine rings is 1. The summed E-state index contributed by atoms with van der Waals surface area (Å²) in [6, 6.07) is 12.7. The van der Waals surface area contributed by atoms with E-state index in [4.69, 9.17) is 4.74 Å². The van der Waals surface area contributed by atoms with Gasteiger partial charge in [-0.3, -0.25) is 9.48 Å². The molecule has 2 saturated heterocycles. The molecule has 4 rings (SSSR count). The fraction of sp³-hybridized carbons (Fsp3) is 0.545. The third-order valence-corrected chi connectivity index (χ3v) is 5.71. The van der Waals surface area contributed by atoms with E-state index in [1.807, 2.05) is 27.9 Å². The fourth-order valence-electron chi connectivity index (χ4n) is 4.10. The van der Waals surface area contributed by atoms with E-state index in [1.54, 1.807) is 0 Å². The maximum Gasteiger partial charge on any atom is 0.274 e. The maximum atomic E-state index is 12.8. The molecule has 2 atom stereocenters. The molecule has 2 fully saturated rings. The fourth-order valence-corrected chi connectivity index (χ4v) is 4.10. The van der Waals surface area contributed by atoms with Gasteiger partial charge >= 0.3 is 0 Å². The van der Waals surface area contributed by atoms with Gasteiger partial charge in [0.15, 0.2) is 0 Å². The molecule has 0 spiro atoms. The Morgan fingerprint density at radius 3 is 2.86 bits per heavy atom. The maximum absolute atomic E-state index is 12.8. The lowest BCUT2D eigenvalue weighted by atomic mass is 10.1. The highest BCUT2D eigenvalue weighted by molar-refractivity contribution is 5.92. The van der Waals surface area contributed by atoms with Gasteiger partial charge in [-0.2, -0.15) is 5.10 Å². The van der Waals surface area contributed by atoms with Crippen molar-refractivity contribution in [1.82, 2.24) is 20.0 Å². The molecule has 0 radical (unpaired) electrons. The molecule has 1 aromatic carbocycles. The Labute approximate surface area is 179 Å². The van der Waals surface area contributed by atoms with Crippen LogP contribution in [0.1, 0.15) is 47.8 Å². The number of nitrogens with one attached hydrogen (secondary N) is 1. The molecule has 0 aliphatic carbocycles. The van der Waals surface area contributed by atoms with Gasteiger partial charge in [0.1, 0.15) is 5.69 Å². The summed E-state index contributed by atoms with van der Waals surface area (Å²) in [7, 11) is 0. The number of rotatable bonds is 7. The van der Waals surface area contributed by atoms with Crippen LogP contribution in [0.3, 0.4) is 0 Å². The van der Waals surface area contributed by atoms with E-state index in [-0.39, 0.29) is 24.4 Å². The van der Waals surface area contributed by atoms with E-state index in [1.165, 1.54) is 5.56 Å². The molecular formula is C22H31ClN4O2. The van der Waals surface area contributed by atoms with Gasteiger partial charge in [0.2, 0.25) is 0 Å². The number of hydrogen-bond donors (Lipinski definition) is 1. The van der Waals surface area contributed by atoms with E-state index in [0.29, 0.717) is 18.3 Å². The predicted octanol–water partition coefficient (Wildman–Crippen LogP) is 3.09. The average Bonchev–Trinajstić information content (AvgIpc) is 3.42. The van der Waals surface area contributed by atoms with Crippen LogP contribution in [0, 0.1) is 0 Å². The van der Waals surface area contributed by atoms with Gasteiger partial charge in [-0.1, -0.05) is 30.3 Å². The van der Waals surface area contributed by atoms with E-state index in [9.17, 15) is 4.79 Å². The minimum atomic E-state index is 0. The number of aryl methyl sites for hydroxylation is 1. The predicted molar refractivity (Wildman–Crippen MR) is 116 cm³/mol. The van der Waals surface area contributed by atoms with Crippen LogP contribution < -0.4 is 5.32 Å². The van der Waals surface area contributed by atoms with Gasteiger partial charge in [-0.25, -0.2) is 0 Å². The second-order valence-electron chi connectivity index (χ2n) is 7.80. The molecule has 6 nitrogen and oxygen atoms in total. The Morgan fingerprint density at radius 2 is 2.07 bits per heavy atom. The van der Waals surface area contributed by atoms with Crippen molar-refractivity contribution in [3.05, 3.63) is 53.9 Å². The number of likely N-dealkylation sites (tertiary alicyclic amines) is 1. The molecule has 1 amide bonds. The molecule has 1 N–H and O–H groups in total. The number of aromatic nitrogens is 2. The second-order valence-corrected chi connectivity index (χ2v) is 7.80. The summed E-state index contributed by atoms with van der Waals surface area (Å²) in [4.78, 5) is 14.7. The third-order valence-electron chi connectivity index (χ3n) is 5.71. The van der Waals surface area contributed by atoms with Gasteiger partial charge in [-0.05, 0) is 50.3 Å². The zero-order valence-corrected chi connectivity index (χ0v) is 17.7. The number of hydrogen-bond acceptors (Lipinski definition) is 4. The van der Waals surface area contributed by atoms with Crippen LogP contribution in [0.4, 0.5) is 0 Å². The molecule has 29 heavy (non-hydrogen) atoms. The molecule has 2 aromatic rings. The molecule has 2 unspecified atom stereocenters. The van der Waals surface area contributed by atoms with Gasteiger partial charge in [-0.15, -0.1) is 12.4 Å². The standard InChI is InChI=1S/C22H30N4O2.ClH/c27-22(21-11-14-26(24-21)19-9-4-12-23-16-19)25-13-10-20(17-25)28-15-5-8-18-6-2-1-3-7-18;/h1-3,6-7,11,14,19-20,23H,4-5,8-10,12-13,15-17H2;1H. The molecule has 7 heteroatoms. The molecule has 0 saturated carbocycles. The third kappa shape index (κ3) is 5.81. The first-order chi connectivity index (χ1) is 13.8. The van der Waals surface area contributed by atoms with Gasteiger partial charge in [0, 0.05) is 32.4 Å². The topological polar surface area (TPSA) is 59.4 Å². The number of nitrogens with zero attached hydrogens (tertiary/aromatic N) is 3. The van der Waals surface area contributed by atoms with E-state index in [2.05, 4.69) is 34.7 Å². The largest absolute Gasteiger partial charge is 0.376 e. The summed E-state index contributed by atoms with van der Waals surface area (Å²) in [5.41, 5.74) is 1.90. The van der Waals surface area contributed by atoms with Gasteiger partial charge < -0.3 is 15.0 Å². The SMILES string of the molecule is Cl.O=C(c1ccn(C2CCCNC2)n1)N1CCC(OCCCc2ccccc2)C1. The number of carbonyl (C=O) groups is 1. The van der Waals surface area contributed by atoms with Crippen LogP contribution in [0.15, 0.2) is 42.6 Å². The molecule has 1 aromatic heterocycles. The van der Waals surface area contributed by atoms with E-state index < -0.39 is 0 Å². The molecule has 158 valence electrons.